The van der Waals surface area contributed by atoms with Crippen molar-refractivity contribution in [2.45, 2.75) is 114 Å². The summed E-state index contributed by atoms with van der Waals surface area (Å²) in [5.74, 6) is -1.69. The van der Waals surface area contributed by atoms with Crippen LogP contribution in [-0.2, 0) is 39.9 Å². The molecule has 1 aliphatic carbocycles. The second-order valence-electron chi connectivity index (χ2n) is 12.3. The van der Waals surface area contributed by atoms with Crippen LogP contribution in [0.5, 0.6) is 0 Å². The van der Waals surface area contributed by atoms with E-state index in [4.69, 9.17) is 28.9 Å². The van der Waals surface area contributed by atoms with E-state index in [2.05, 4.69) is 19.2 Å². The molecule has 3 saturated heterocycles. The number of nitrogens with zero attached hydrogens (tertiary/aromatic N) is 1. The number of hydrogen-bond donors (Lipinski definition) is 3. The number of hydrogen-bond acceptors (Lipinski definition) is 10. The average Bonchev–Trinajstić information content (AvgIpc) is 3.57. The molecular weight excluding hydrogens is 568 g/mol. The zero-order valence-electron chi connectivity index (χ0n) is 25.9. The fraction of sp³-hybridized carbons (Fsp3) is 0.697. The molecule has 0 unspecified atom stereocenters. The minimum absolute atomic E-state index is 0.0654. The monoisotopic (exact) mass is 616 g/mol. The summed E-state index contributed by atoms with van der Waals surface area (Å²) in [7, 11) is 0. The van der Waals surface area contributed by atoms with Gasteiger partial charge in [-0.1, -0.05) is 63.8 Å². The Balaban J connectivity index is 1.45. The molecule has 11 nitrogen and oxygen atoms in total. The Labute approximate surface area is 259 Å². The zero-order chi connectivity index (χ0) is 31.2. The van der Waals surface area contributed by atoms with Crippen molar-refractivity contribution in [3.8, 4) is 0 Å². The van der Waals surface area contributed by atoms with Crippen molar-refractivity contribution in [3.63, 3.8) is 0 Å². The average molecular weight is 617 g/mol. The number of amides is 1. The summed E-state index contributed by atoms with van der Waals surface area (Å²) in [5.41, 5.74) is 0.468. The van der Waals surface area contributed by atoms with Crippen molar-refractivity contribution in [1.29, 1.82) is 0 Å². The molecule has 1 saturated carbocycles. The van der Waals surface area contributed by atoms with Crippen LogP contribution in [0.1, 0.15) is 82.8 Å². The topological polar surface area (TPSA) is 136 Å². The van der Waals surface area contributed by atoms with E-state index in [1.54, 1.807) is 11.1 Å². The number of aliphatic hydroxyl groups is 2. The Morgan fingerprint density at radius 3 is 2.55 bits per heavy atom. The lowest BCUT2D eigenvalue weighted by atomic mass is 9.62. The van der Waals surface area contributed by atoms with Gasteiger partial charge in [0.1, 0.15) is 36.4 Å². The summed E-state index contributed by atoms with van der Waals surface area (Å²) in [6, 6.07) is 6.70. The summed E-state index contributed by atoms with van der Waals surface area (Å²) in [5, 5.41) is 22.9. The van der Waals surface area contributed by atoms with Crippen molar-refractivity contribution in [3.05, 3.63) is 41.7 Å². The Morgan fingerprint density at radius 1 is 1.09 bits per heavy atom. The third-order valence-electron chi connectivity index (χ3n) is 9.25. The predicted octanol–water partition coefficient (Wildman–Crippen LogP) is 3.22. The number of rotatable bonds is 17. The number of nitrogens with one attached hydrogen (secondary N) is 1. The summed E-state index contributed by atoms with van der Waals surface area (Å²) in [4.78, 5) is 34.4. The SMILES string of the molecule is CCCCCC1(CCCCC)O[C@@H]2[C@H](O1)[C@H]1ON(Cc3cccc(C=COCCO)c3)[C@@H]3C(=O)O[C@@H]2C[C@]13C(=O)NCCO. The molecule has 244 valence electrons. The highest BCUT2D eigenvalue weighted by Gasteiger charge is 2.76. The highest BCUT2D eigenvalue weighted by molar-refractivity contribution is 5.93. The van der Waals surface area contributed by atoms with E-state index in [0.717, 1.165) is 62.5 Å². The zero-order valence-corrected chi connectivity index (χ0v) is 25.9. The van der Waals surface area contributed by atoms with Crippen molar-refractivity contribution in [1.82, 2.24) is 10.4 Å². The van der Waals surface area contributed by atoms with E-state index in [-0.39, 0.29) is 45.2 Å². The van der Waals surface area contributed by atoms with Gasteiger partial charge in [-0.3, -0.25) is 14.4 Å². The molecule has 0 aromatic heterocycles. The Hall–Kier alpha value is -2.54. The normalized spacial score (nSPS) is 30.4. The molecule has 4 aliphatic rings. The smallest absolute Gasteiger partial charge is 0.327 e. The van der Waals surface area contributed by atoms with Gasteiger partial charge in [-0.2, -0.15) is 5.06 Å². The van der Waals surface area contributed by atoms with Gasteiger partial charge in [-0.15, -0.1) is 0 Å². The van der Waals surface area contributed by atoms with E-state index < -0.39 is 47.6 Å². The van der Waals surface area contributed by atoms with E-state index in [1.807, 2.05) is 24.3 Å². The third kappa shape index (κ3) is 6.54. The van der Waals surface area contributed by atoms with Gasteiger partial charge in [0.2, 0.25) is 5.91 Å². The number of carbonyl (C=O) groups excluding carboxylic acids is 2. The molecule has 1 aromatic rings. The van der Waals surface area contributed by atoms with Gasteiger partial charge < -0.3 is 34.5 Å². The first kappa shape index (κ1) is 32.8. The van der Waals surface area contributed by atoms with Crippen molar-refractivity contribution < 1.29 is 43.6 Å². The number of ether oxygens (including phenoxy) is 4. The number of hydroxylamine groups is 2. The molecule has 3 aliphatic heterocycles. The lowest BCUT2D eigenvalue weighted by Crippen LogP contribution is -2.69. The first-order chi connectivity index (χ1) is 21.4. The van der Waals surface area contributed by atoms with Gasteiger partial charge in [0.25, 0.3) is 0 Å². The maximum Gasteiger partial charge on any atom is 0.327 e. The van der Waals surface area contributed by atoms with Gasteiger partial charge in [-0.25, -0.2) is 0 Å². The maximum absolute atomic E-state index is 14.0. The van der Waals surface area contributed by atoms with Gasteiger partial charge in [0.15, 0.2) is 11.8 Å². The van der Waals surface area contributed by atoms with Crippen LogP contribution in [0.4, 0.5) is 0 Å². The van der Waals surface area contributed by atoms with E-state index in [1.165, 1.54) is 6.26 Å². The number of aliphatic hydroxyl groups excluding tert-OH is 2. The molecule has 1 amide bonds. The van der Waals surface area contributed by atoms with Crippen molar-refractivity contribution >= 4 is 18.0 Å². The van der Waals surface area contributed by atoms with Crippen LogP contribution >= 0.6 is 0 Å². The van der Waals surface area contributed by atoms with Crippen LogP contribution < -0.4 is 5.32 Å². The Morgan fingerprint density at radius 2 is 1.84 bits per heavy atom. The molecule has 2 bridgehead atoms. The van der Waals surface area contributed by atoms with Crippen LogP contribution in [0, 0.1) is 5.41 Å². The van der Waals surface area contributed by atoms with Crippen LogP contribution in [0.25, 0.3) is 6.08 Å². The number of benzene rings is 1. The van der Waals surface area contributed by atoms with Gasteiger partial charge in [0.05, 0.1) is 26.0 Å². The summed E-state index contributed by atoms with van der Waals surface area (Å²) in [6.07, 6.45) is 8.61. The molecule has 4 fully saturated rings. The van der Waals surface area contributed by atoms with Crippen LogP contribution in [0.3, 0.4) is 0 Å². The molecule has 11 heteroatoms. The summed E-state index contributed by atoms with van der Waals surface area (Å²) < 4.78 is 24.9. The lowest BCUT2D eigenvalue weighted by molar-refractivity contribution is -0.224. The Bertz CT molecular complexity index is 1150. The molecular formula is C33H48N2O9. The molecule has 3 heterocycles. The number of carbonyl (C=O) groups is 2. The molecule has 0 radical (unpaired) electrons. The van der Waals surface area contributed by atoms with E-state index in [9.17, 15) is 14.7 Å². The van der Waals surface area contributed by atoms with Crippen LogP contribution in [0.15, 0.2) is 30.5 Å². The standard InChI is InChI=1S/C33H48N2O9/c1-3-5-7-13-32(14-8-6-4-2)42-26-25-21-33(31(39)34-15-16-36)28(30(38)41-25)35(44-29(33)27(26)43-32)22-24-11-9-10-23(20-24)12-18-40-19-17-37/h9-12,18,20,25-29,36-37H,3-8,13-17,19,21-22H2,1-2H3,(H,34,39)/t25-,26+,27+,28-,29-,33-/m1/s1. The fourth-order valence-corrected chi connectivity index (χ4v) is 7.25. The Kier molecular flexibility index (Phi) is 11.0. The fourth-order valence-electron chi connectivity index (χ4n) is 7.25. The second-order valence-corrected chi connectivity index (χ2v) is 12.3. The number of esters is 1. The molecule has 5 rings (SSSR count). The lowest BCUT2D eigenvalue weighted by Gasteiger charge is -2.48. The van der Waals surface area contributed by atoms with Gasteiger partial charge in [-0.05, 0) is 30.0 Å². The predicted molar refractivity (Wildman–Crippen MR) is 161 cm³/mol. The van der Waals surface area contributed by atoms with E-state index >= 15 is 0 Å². The number of fused-ring (bicyclic) bond motifs is 4. The first-order valence-electron chi connectivity index (χ1n) is 16.3. The van der Waals surface area contributed by atoms with Gasteiger partial charge >= 0.3 is 5.97 Å². The maximum atomic E-state index is 14.0. The van der Waals surface area contributed by atoms with Crippen LogP contribution in [-0.4, -0.2) is 89.8 Å². The van der Waals surface area contributed by atoms with Crippen molar-refractivity contribution in [2.24, 2.45) is 5.41 Å². The molecule has 0 spiro atoms. The highest BCUT2D eigenvalue weighted by Crippen LogP contribution is 2.58. The highest BCUT2D eigenvalue weighted by atomic mass is 16.8. The summed E-state index contributed by atoms with van der Waals surface area (Å²) >= 11 is 0. The molecule has 1 aromatic carbocycles. The second kappa shape index (κ2) is 14.7. The summed E-state index contributed by atoms with van der Waals surface area (Å²) in [6.45, 7) is 4.53. The van der Waals surface area contributed by atoms with Crippen molar-refractivity contribution in [2.75, 3.05) is 26.4 Å². The van der Waals surface area contributed by atoms with E-state index in [0.29, 0.717) is 0 Å². The molecule has 6 atom stereocenters. The minimum atomic E-state index is -1.27. The first-order valence-corrected chi connectivity index (χ1v) is 16.3. The number of unbranched alkanes of at least 4 members (excludes halogenated alkanes) is 4. The quantitative estimate of drug-likeness (QED) is 0.136. The molecule has 44 heavy (non-hydrogen) atoms. The third-order valence-corrected chi connectivity index (χ3v) is 9.25. The largest absolute Gasteiger partial charge is 0.499 e. The van der Waals surface area contributed by atoms with Gasteiger partial charge in [0, 0.05) is 25.8 Å². The minimum Gasteiger partial charge on any atom is -0.499 e. The van der Waals surface area contributed by atoms with Crippen LogP contribution in [0.2, 0.25) is 0 Å². The molecule has 3 N–H and O–H groups in total.